The van der Waals surface area contributed by atoms with Crippen LogP contribution < -0.4 is 0 Å². The van der Waals surface area contributed by atoms with Crippen molar-refractivity contribution in [2.24, 2.45) is 0 Å². The number of ketones is 1. The molecule has 0 amide bonds. The highest BCUT2D eigenvalue weighted by molar-refractivity contribution is 7.10. The topological polar surface area (TPSA) is 26.3 Å². The first-order valence-electron chi connectivity index (χ1n) is 5.03. The van der Waals surface area contributed by atoms with E-state index in [0.29, 0.717) is 6.42 Å². The molecule has 3 heteroatoms. The van der Waals surface area contributed by atoms with Crippen LogP contribution in [0.15, 0.2) is 17.5 Å². The van der Waals surface area contributed by atoms with E-state index in [1.165, 1.54) is 0 Å². The van der Waals surface area contributed by atoms with Crippen LogP contribution in [0.4, 0.5) is 0 Å². The van der Waals surface area contributed by atoms with Crippen LogP contribution in [0.25, 0.3) is 0 Å². The number of ether oxygens (including phenoxy) is 1. The molecule has 1 saturated heterocycles. The second-order valence-corrected chi connectivity index (χ2v) is 4.61. The van der Waals surface area contributed by atoms with E-state index in [0.717, 1.165) is 30.7 Å². The quantitative estimate of drug-likeness (QED) is 0.766. The molecule has 14 heavy (non-hydrogen) atoms. The normalized spacial score (nSPS) is 22.1. The van der Waals surface area contributed by atoms with E-state index in [9.17, 15) is 4.79 Å². The maximum atomic E-state index is 11.7. The lowest BCUT2D eigenvalue weighted by Crippen LogP contribution is -2.29. The Kier molecular flexibility index (Phi) is 3.32. The molecule has 0 spiro atoms. The van der Waals surface area contributed by atoms with Gasteiger partial charge >= 0.3 is 0 Å². The predicted octanol–water partition coefficient (Wildman–Crippen LogP) is 2.43. The van der Waals surface area contributed by atoms with Crippen molar-refractivity contribution >= 4 is 17.1 Å². The van der Waals surface area contributed by atoms with E-state index in [4.69, 9.17) is 4.74 Å². The van der Waals surface area contributed by atoms with E-state index >= 15 is 0 Å². The van der Waals surface area contributed by atoms with Crippen LogP contribution in [0.3, 0.4) is 0 Å². The smallest absolute Gasteiger partial charge is 0.166 e. The van der Waals surface area contributed by atoms with Gasteiger partial charge < -0.3 is 4.74 Å². The van der Waals surface area contributed by atoms with Crippen LogP contribution in [0, 0.1) is 0 Å². The highest BCUT2D eigenvalue weighted by Gasteiger charge is 2.21. The molecule has 1 atom stereocenters. The molecule has 0 aromatic carbocycles. The molecule has 0 N–H and O–H groups in total. The third kappa shape index (κ3) is 2.42. The maximum absolute atomic E-state index is 11.7. The molecule has 0 bridgehead atoms. The Hall–Kier alpha value is -0.670. The summed E-state index contributed by atoms with van der Waals surface area (Å²) in [5, 5.41) is 2.00. The van der Waals surface area contributed by atoms with E-state index in [-0.39, 0.29) is 11.9 Å². The Morgan fingerprint density at radius 2 is 2.50 bits per heavy atom. The summed E-state index contributed by atoms with van der Waals surface area (Å²) in [7, 11) is 0. The average Bonchev–Trinajstić information content (AvgIpc) is 2.72. The first-order chi connectivity index (χ1) is 6.86. The van der Waals surface area contributed by atoms with Crippen LogP contribution in [0.1, 0.15) is 24.1 Å². The van der Waals surface area contributed by atoms with Gasteiger partial charge in [0.1, 0.15) is 6.10 Å². The predicted molar refractivity (Wildman–Crippen MR) is 56.6 cm³/mol. The number of thiophene rings is 1. The van der Waals surface area contributed by atoms with Crippen molar-refractivity contribution in [3.63, 3.8) is 0 Å². The molecule has 1 aromatic heterocycles. The third-order valence-corrected chi connectivity index (χ3v) is 3.34. The summed E-state index contributed by atoms with van der Waals surface area (Å²) in [6.07, 6.45) is 3.54. The van der Waals surface area contributed by atoms with Crippen LogP contribution in [0.5, 0.6) is 0 Å². The molecular formula is C11H14O2S. The molecule has 0 aliphatic carbocycles. The summed E-state index contributed by atoms with van der Waals surface area (Å²) < 4.78 is 5.44. The van der Waals surface area contributed by atoms with Gasteiger partial charge in [-0.15, -0.1) is 11.3 Å². The first kappa shape index (κ1) is 9.87. The van der Waals surface area contributed by atoms with Gasteiger partial charge in [0.15, 0.2) is 5.78 Å². The Balaban J connectivity index is 1.88. The standard InChI is InChI=1S/C11H14O2S/c12-10(8-9-4-3-7-14-9)11-5-1-2-6-13-11/h3-4,7,11H,1-2,5-6,8H2. The molecule has 0 saturated carbocycles. The van der Waals surface area contributed by atoms with E-state index in [1.807, 2.05) is 17.5 Å². The van der Waals surface area contributed by atoms with Crippen molar-refractivity contribution < 1.29 is 9.53 Å². The van der Waals surface area contributed by atoms with Crippen LogP contribution in [-0.2, 0) is 16.0 Å². The average molecular weight is 210 g/mol. The zero-order chi connectivity index (χ0) is 9.80. The third-order valence-electron chi connectivity index (χ3n) is 2.47. The molecule has 2 rings (SSSR count). The van der Waals surface area contributed by atoms with Crippen molar-refractivity contribution in [3.8, 4) is 0 Å². The van der Waals surface area contributed by atoms with Crippen LogP contribution >= 0.6 is 11.3 Å². The Morgan fingerprint density at radius 1 is 1.57 bits per heavy atom. The van der Waals surface area contributed by atoms with E-state index in [2.05, 4.69) is 0 Å². The summed E-state index contributed by atoms with van der Waals surface area (Å²) in [6, 6.07) is 3.99. The molecule has 0 radical (unpaired) electrons. The summed E-state index contributed by atoms with van der Waals surface area (Å²) in [5.41, 5.74) is 0. The summed E-state index contributed by atoms with van der Waals surface area (Å²) in [6.45, 7) is 0.751. The maximum Gasteiger partial charge on any atom is 0.166 e. The zero-order valence-electron chi connectivity index (χ0n) is 8.07. The van der Waals surface area contributed by atoms with Gasteiger partial charge in [-0.25, -0.2) is 0 Å². The minimum atomic E-state index is -0.133. The fourth-order valence-electron chi connectivity index (χ4n) is 1.69. The van der Waals surface area contributed by atoms with Crippen molar-refractivity contribution in [2.75, 3.05) is 6.61 Å². The van der Waals surface area contributed by atoms with Crippen molar-refractivity contribution in [3.05, 3.63) is 22.4 Å². The number of hydrogen-bond acceptors (Lipinski definition) is 3. The van der Waals surface area contributed by atoms with Crippen LogP contribution in [-0.4, -0.2) is 18.5 Å². The molecule has 1 aliphatic rings. The molecular weight excluding hydrogens is 196 g/mol. The largest absolute Gasteiger partial charge is 0.370 e. The van der Waals surface area contributed by atoms with Gasteiger partial charge in [0, 0.05) is 17.9 Å². The number of carbonyl (C=O) groups is 1. The molecule has 76 valence electrons. The fourth-order valence-corrected chi connectivity index (χ4v) is 2.41. The Morgan fingerprint density at radius 3 is 3.14 bits per heavy atom. The minimum absolute atomic E-state index is 0.133. The zero-order valence-corrected chi connectivity index (χ0v) is 8.89. The summed E-state index contributed by atoms with van der Waals surface area (Å²) in [5.74, 6) is 0.243. The van der Waals surface area contributed by atoms with Gasteiger partial charge in [-0.05, 0) is 30.7 Å². The van der Waals surface area contributed by atoms with Gasteiger partial charge in [-0.3, -0.25) is 4.79 Å². The molecule has 2 nitrogen and oxygen atoms in total. The molecule has 2 heterocycles. The fraction of sp³-hybridized carbons (Fsp3) is 0.545. The first-order valence-corrected chi connectivity index (χ1v) is 5.91. The van der Waals surface area contributed by atoms with Gasteiger partial charge in [-0.1, -0.05) is 6.07 Å². The Labute approximate surface area is 87.9 Å². The number of hydrogen-bond donors (Lipinski definition) is 0. The summed E-state index contributed by atoms with van der Waals surface area (Å²) >= 11 is 1.64. The lowest BCUT2D eigenvalue weighted by molar-refractivity contribution is -0.132. The monoisotopic (exact) mass is 210 g/mol. The van der Waals surface area contributed by atoms with Crippen molar-refractivity contribution in [1.29, 1.82) is 0 Å². The summed E-state index contributed by atoms with van der Waals surface area (Å²) in [4.78, 5) is 12.9. The van der Waals surface area contributed by atoms with Crippen molar-refractivity contribution in [2.45, 2.75) is 31.8 Å². The highest BCUT2D eigenvalue weighted by atomic mass is 32.1. The van der Waals surface area contributed by atoms with E-state index in [1.54, 1.807) is 11.3 Å². The number of Topliss-reactive ketones (excluding diaryl/α,β-unsaturated/α-hetero) is 1. The van der Waals surface area contributed by atoms with Crippen molar-refractivity contribution in [1.82, 2.24) is 0 Å². The van der Waals surface area contributed by atoms with Crippen LogP contribution in [0.2, 0.25) is 0 Å². The Bertz CT molecular complexity index is 286. The number of carbonyl (C=O) groups excluding carboxylic acids is 1. The number of rotatable bonds is 3. The lowest BCUT2D eigenvalue weighted by atomic mass is 10.0. The van der Waals surface area contributed by atoms with Gasteiger partial charge in [0.25, 0.3) is 0 Å². The highest BCUT2D eigenvalue weighted by Crippen LogP contribution is 2.17. The lowest BCUT2D eigenvalue weighted by Gasteiger charge is -2.20. The van der Waals surface area contributed by atoms with Gasteiger partial charge in [0.2, 0.25) is 0 Å². The molecule has 1 aliphatic heterocycles. The minimum Gasteiger partial charge on any atom is -0.370 e. The molecule has 1 unspecified atom stereocenters. The van der Waals surface area contributed by atoms with Gasteiger partial charge in [0.05, 0.1) is 0 Å². The molecule has 1 fully saturated rings. The van der Waals surface area contributed by atoms with Gasteiger partial charge in [-0.2, -0.15) is 0 Å². The second kappa shape index (κ2) is 4.71. The second-order valence-electron chi connectivity index (χ2n) is 3.58. The molecule has 1 aromatic rings. The SMILES string of the molecule is O=C(Cc1cccs1)C1CCCCO1. The van der Waals surface area contributed by atoms with E-state index < -0.39 is 0 Å².